The van der Waals surface area contributed by atoms with E-state index in [-0.39, 0.29) is 0 Å². The molecule has 0 bridgehead atoms. The van der Waals surface area contributed by atoms with Crippen molar-refractivity contribution in [3.05, 3.63) is 35.2 Å². The summed E-state index contributed by atoms with van der Waals surface area (Å²) in [6.45, 7) is 5.90. The minimum atomic E-state index is 0.481. The van der Waals surface area contributed by atoms with Gasteiger partial charge < -0.3 is 9.84 Å². The monoisotopic (exact) mass is 292 g/mol. The van der Waals surface area contributed by atoms with Crippen LogP contribution in [0.15, 0.2) is 28.8 Å². The molecule has 2 aromatic rings. The molecule has 2 heterocycles. The summed E-state index contributed by atoms with van der Waals surface area (Å²) >= 11 is 5.87. The predicted octanol–water partition coefficient (Wildman–Crippen LogP) is 2.18. The number of hydrogen-bond acceptors (Lipinski definition) is 5. The van der Waals surface area contributed by atoms with E-state index >= 15 is 0 Å². The van der Waals surface area contributed by atoms with Crippen molar-refractivity contribution in [3.63, 3.8) is 0 Å². The van der Waals surface area contributed by atoms with E-state index in [0.29, 0.717) is 29.3 Å². The van der Waals surface area contributed by atoms with Gasteiger partial charge >= 0.3 is 0 Å². The molecule has 1 aliphatic rings. The fraction of sp³-hybridized carbons (Fsp3) is 0.429. The lowest BCUT2D eigenvalue weighted by Gasteiger charge is -2.32. The topological polar surface area (TPSA) is 54.2 Å². The van der Waals surface area contributed by atoms with E-state index in [4.69, 9.17) is 16.1 Å². The van der Waals surface area contributed by atoms with Crippen molar-refractivity contribution in [2.45, 2.75) is 19.5 Å². The highest BCUT2D eigenvalue weighted by Gasteiger charge is 2.20. The van der Waals surface area contributed by atoms with Gasteiger partial charge in [-0.3, -0.25) is 4.90 Å². The summed E-state index contributed by atoms with van der Waals surface area (Å²) in [5.41, 5.74) is 0.915. The van der Waals surface area contributed by atoms with Crippen molar-refractivity contribution in [1.29, 1.82) is 0 Å². The zero-order valence-electron chi connectivity index (χ0n) is 11.3. The molecular formula is C14H17ClN4O. The number of benzene rings is 1. The van der Waals surface area contributed by atoms with Gasteiger partial charge in [-0.2, -0.15) is 4.98 Å². The van der Waals surface area contributed by atoms with Crippen LogP contribution in [0.2, 0.25) is 5.02 Å². The van der Waals surface area contributed by atoms with Crippen molar-refractivity contribution in [3.8, 4) is 11.4 Å². The lowest BCUT2D eigenvalue weighted by atomic mass is 10.2. The standard InChI is InChI=1S/C14H17ClN4O/c1-10-8-16-6-7-19(10)9-13-17-14(18-20-13)11-2-4-12(15)5-3-11/h2-5,10,16H,6-9H2,1H3. The van der Waals surface area contributed by atoms with Gasteiger partial charge in [-0.1, -0.05) is 16.8 Å². The van der Waals surface area contributed by atoms with Crippen LogP contribution in [-0.4, -0.2) is 40.7 Å². The third kappa shape index (κ3) is 3.00. The molecular weight excluding hydrogens is 276 g/mol. The summed E-state index contributed by atoms with van der Waals surface area (Å²) in [6, 6.07) is 7.92. The summed E-state index contributed by atoms with van der Waals surface area (Å²) in [6.07, 6.45) is 0. The van der Waals surface area contributed by atoms with E-state index in [1.165, 1.54) is 0 Å². The molecule has 1 aromatic heterocycles. The molecule has 1 N–H and O–H groups in total. The van der Waals surface area contributed by atoms with Crippen molar-refractivity contribution >= 4 is 11.6 Å². The molecule has 5 nitrogen and oxygen atoms in total. The van der Waals surface area contributed by atoms with Gasteiger partial charge in [0.05, 0.1) is 6.54 Å². The molecule has 3 rings (SSSR count). The van der Waals surface area contributed by atoms with Gasteiger partial charge in [-0.15, -0.1) is 0 Å². The van der Waals surface area contributed by atoms with Crippen LogP contribution in [0.5, 0.6) is 0 Å². The van der Waals surface area contributed by atoms with Crippen LogP contribution in [-0.2, 0) is 6.54 Å². The Kier molecular flexibility index (Phi) is 4.00. The van der Waals surface area contributed by atoms with Crippen LogP contribution >= 0.6 is 11.6 Å². The summed E-state index contributed by atoms with van der Waals surface area (Å²) in [7, 11) is 0. The first-order chi connectivity index (χ1) is 9.72. The molecule has 0 saturated carbocycles. The van der Waals surface area contributed by atoms with E-state index in [9.17, 15) is 0 Å². The number of halogens is 1. The molecule has 1 unspecified atom stereocenters. The van der Waals surface area contributed by atoms with Crippen molar-refractivity contribution in [2.24, 2.45) is 0 Å². The zero-order valence-corrected chi connectivity index (χ0v) is 12.1. The SMILES string of the molecule is CC1CNCCN1Cc1nc(-c2ccc(Cl)cc2)no1. The molecule has 1 saturated heterocycles. The van der Waals surface area contributed by atoms with Crippen molar-refractivity contribution in [2.75, 3.05) is 19.6 Å². The molecule has 0 radical (unpaired) electrons. The maximum atomic E-state index is 5.87. The Hall–Kier alpha value is -1.43. The van der Waals surface area contributed by atoms with E-state index in [0.717, 1.165) is 25.2 Å². The maximum Gasteiger partial charge on any atom is 0.241 e. The molecule has 0 aliphatic carbocycles. The van der Waals surface area contributed by atoms with Crippen LogP contribution in [0.1, 0.15) is 12.8 Å². The fourth-order valence-electron chi connectivity index (χ4n) is 2.33. The van der Waals surface area contributed by atoms with E-state index in [2.05, 4.69) is 27.3 Å². The Bertz CT molecular complexity index is 569. The van der Waals surface area contributed by atoms with Crippen molar-refractivity contribution in [1.82, 2.24) is 20.4 Å². The molecule has 6 heteroatoms. The fourth-order valence-corrected chi connectivity index (χ4v) is 2.45. The Morgan fingerprint density at radius 3 is 2.95 bits per heavy atom. The number of aromatic nitrogens is 2. The van der Waals surface area contributed by atoms with Gasteiger partial charge in [0.2, 0.25) is 11.7 Å². The number of hydrogen-bond donors (Lipinski definition) is 1. The maximum absolute atomic E-state index is 5.87. The minimum absolute atomic E-state index is 0.481. The van der Waals surface area contributed by atoms with E-state index in [1.54, 1.807) is 0 Å². The highest BCUT2D eigenvalue weighted by molar-refractivity contribution is 6.30. The molecule has 0 amide bonds. The van der Waals surface area contributed by atoms with Gasteiger partial charge in [0.1, 0.15) is 0 Å². The van der Waals surface area contributed by atoms with Gasteiger partial charge in [0.15, 0.2) is 0 Å². The lowest BCUT2D eigenvalue weighted by molar-refractivity contribution is 0.146. The molecule has 1 atom stereocenters. The largest absolute Gasteiger partial charge is 0.338 e. The summed E-state index contributed by atoms with van der Waals surface area (Å²) in [4.78, 5) is 6.80. The van der Waals surface area contributed by atoms with Crippen LogP contribution in [0, 0.1) is 0 Å². The highest BCUT2D eigenvalue weighted by atomic mass is 35.5. The summed E-state index contributed by atoms with van der Waals surface area (Å²) in [5.74, 6) is 1.27. The molecule has 20 heavy (non-hydrogen) atoms. The number of nitrogens with one attached hydrogen (secondary N) is 1. The Morgan fingerprint density at radius 1 is 1.40 bits per heavy atom. The Morgan fingerprint density at radius 2 is 2.20 bits per heavy atom. The normalized spacial score (nSPS) is 20.2. The highest BCUT2D eigenvalue weighted by Crippen LogP contribution is 2.19. The quantitative estimate of drug-likeness (QED) is 0.940. The average molecular weight is 293 g/mol. The Labute approximate surface area is 122 Å². The van der Waals surface area contributed by atoms with Gasteiger partial charge in [0.25, 0.3) is 0 Å². The third-order valence-electron chi connectivity index (χ3n) is 3.55. The first kappa shape index (κ1) is 13.5. The molecule has 1 aromatic carbocycles. The van der Waals surface area contributed by atoms with Gasteiger partial charge in [-0.05, 0) is 31.2 Å². The van der Waals surface area contributed by atoms with Crippen LogP contribution in [0.3, 0.4) is 0 Å². The zero-order chi connectivity index (χ0) is 13.9. The number of rotatable bonds is 3. The molecule has 1 fully saturated rings. The van der Waals surface area contributed by atoms with Crippen LogP contribution < -0.4 is 5.32 Å². The summed E-state index contributed by atoms with van der Waals surface area (Å²) in [5, 5.41) is 8.10. The van der Waals surface area contributed by atoms with Gasteiger partial charge in [-0.25, -0.2) is 0 Å². The third-order valence-corrected chi connectivity index (χ3v) is 3.80. The second-order valence-electron chi connectivity index (χ2n) is 5.04. The molecule has 0 spiro atoms. The molecule has 1 aliphatic heterocycles. The second kappa shape index (κ2) is 5.91. The minimum Gasteiger partial charge on any atom is -0.338 e. The van der Waals surface area contributed by atoms with E-state index < -0.39 is 0 Å². The number of nitrogens with zero attached hydrogens (tertiary/aromatic N) is 3. The second-order valence-corrected chi connectivity index (χ2v) is 5.48. The smallest absolute Gasteiger partial charge is 0.241 e. The predicted molar refractivity (Wildman–Crippen MR) is 77.5 cm³/mol. The average Bonchev–Trinajstić information content (AvgIpc) is 2.91. The van der Waals surface area contributed by atoms with Crippen molar-refractivity contribution < 1.29 is 4.52 Å². The summed E-state index contributed by atoms with van der Waals surface area (Å²) < 4.78 is 5.34. The van der Waals surface area contributed by atoms with E-state index in [1.807, 2.05) is 24.3 Å². The van der Waals surface area contributed by atoms with Gasteiger partial charge in [0, 0.05) is 36.3 Å². The molecule has 106 valence electrons. The Balaban J connectivity index is 1.71. The first-order valence-electron chi connectivity index (χ1n) is 6.75. The number of piperazine rings is 1. The lowest BCUT2D eigenvalue weighted by Crippen LogP contribution is -2.49. The van der Waals surface area contributed by atoms with Crippen LogP contribution in [0.25, 0.3) is 11.4 Å². The van der Waals surface area contributed by atoms with Crippen LogP contribution in [0.4, 0.5) is 0 Å². The first-order valence-corrected chi connectivity index (χ1v) is 7.13.